The summed E-state index contributed by atoms with van der Waals surface area (Å²) in [6.07, 6.45) is -0.286. The van der Waals surface area contributed by atoms with E-state index in [4.69, 9.17) is 4.74 Å². The molecule has 3 aromatic rings. The Bertz CT molecular complexity index is 1100. The van der Waals surface area contributed by atoms with Crippen molar-refractivity contribution in [3.8, 4) is 5.75 Å². The molecule has 0 bridgehead atoms. The number of amides is 1. The number of hydrogen-bond donors (Lipinski definition) is 1. The van der Waals surface area contributed by atoms with E-state index in [2.05, 4.69) is 58.8 Å². The van der Waals surface area contributed by atoms with Crippen LogP contribution in [0.4, 0.5) is 5.13 Å². The van der Waals surface area contributed by atoms with Gasteiger partial charge in [0.2, 0.25) is 5.91 Å². The quantitative estimate of drug-likeness (QED) is 0.324. The second-order valence-corrected chi connectivity index (χ2v) is 11.7. The Morgan fingerprint density at radius 2 is 1.82 bits per heavy atom. The summed E-state index contributed by atoms with van der Waals surface area (Å²) < 4.78 is 8.44. The van der Waals surface area contributed by atoms with E-state index < -0.39 is 0 Å². The summed E-state index contributed by atoms with van der Waals surface area (Å²) in [5, 5.41) is 12.8. The highest BCUT2D eigenvalue weighted by atomic mass is 32.2. The van der Waals surface area contributed by atoms with E-state index in [-0.39, 0.29) is 17.3 Å². The molecular weight excluding hydrogens is 466 g/mol. The van der Waals surface area contributed by atoms with Gasteiger partial charge in [0.1, 0.15) is 5.75 Å². The number of ether oxygens (including phenoxy) is 1. The smallest absolute Gasteiger partial charge is 0.239 e. The molecule has 9 heteroatoms. The van der Waals surface area contributed by atoms with Gasteiger partial charge in [0, 0.05) is 11.4 Å². The van der Waals surface area contributed by atoms with Crippen molar-refractivity contribution in [2.24, 2.45) is 5.92 Å². The third kappa shape index (κ3) is 6.39. The Balaban J connectivity index is 1.78. The maximum Gasteiger partial charge on any atom is 0.239 e. The first-order valence-electron chi connectivity index (χ1n) is 11.7. The summed E-state index contributed by atoms with van der Waals surface area (Å²) in [7, 11) is 0. The molecule has 0 fully saturated rings. The number of aromatic nitrogens is 4. The van der Waals surface area contributed by atoms with Gasteiger partial charge in [-0.05, 0) is 51.2 Å². The predicted octanol–water partition coefficient (Wildman–Crippen LogP) is 6.39. The molecule has 0 spiro atoms. The minimum absolute atomic E-state index is 0.102. The molecule has 3 rings (SSSR count). The number of benzene rings is 1. The Labute approximate surface area is 210 Å². The van der Waals surface area contributed by atoms with Crippen LogP contribution in [0.25, 0.3) is 0 Å². The van der Waals surface area contributed by atoms with Crippen molar-refractivity contribution in [2.75, 3.05) is 5.32 Å². The fraction of sp³-hybridized carbons (Fsp3) is 0.520. The number of hydrogen-bond acceptors (Lipinski definition) is 7. The lowest BCUT2D eigenvalue weighted by molar-refractivity contribution is -0.115. The van der Waals surface area contributed by atoms with Gasteiger partial charge in [0.05, 0.1) is 10.9 Å². The molecular formula is C25H35N5O2S2. The van der Waals surface area contributed by atoms with Crippen LogP contribution in [0, 0.1) is 19.8 Å². The normalized spacial score (nSPS) is 13.4. The van der Waals surface area contributed by atoms with Crippen LogP contribution in [0.2, 0.25) is 0 Å². The van der Waals surface area contributed by atoms with Crippen LogP contribution in [0.5, 0.6) is 5.75 Å². The molecule has 0 saturated carbocycles. The van der Waals surface area contributed by atoms with Crippen LogP contribution in [0.15, 0.2) is 29.4 Å². The number of carbonyl (C=O) groups excluding carboxylic acids is 1. The maximum absolute atomic E-state index is 12.8. The molecule has 1 N–H and O–H groups in total. The maximum atomic E-state index is 12.8. The molecule has 2 aromatic heterocycles. The van der Waals surface area contributed by atoms with E-state index in [0.717, 1.165) is 34.3 Å². The minimum atomic E-state index is -0.356. The number of rotatable bonds is 10. The SMILES string of the molecule is Cc1nc(NC(=O)C(C)Sc2nnc(C(C)Oc3ccccc3C(C)C)n2CC(C)C)sc1C. The molecule has 2 heterocycles. The summed E-state index contributed by atoms with van der Waals surface area (Å²) in [5.41, 5.74) is 2.10. The number of thiazole rings is 1. The van der Waals surface area contributed by atoms with Gasteiger partial charge >= 0.3 is 0 Å². The number of nitrogens with one attached hydrogen (secondary N) is 1. The van der Waals surface area contributed by atoms with Gasteiger partial charge in [-0.25, -0.2) is 4.98 Å². The zero-order valence-electron chi connectivity index (χ0n) is 21.2. The Morgan fingerprint density at radius 3 is 2.44 bits per heavy atom. The lowest BCUT2D eigenvalue weighted by atomic mass is 10.0. The van der Waals surface area contributed by atoms with Crippen molar-refractivity contribution in [1.82, 2.24) is 19.7 Å². The van der Waals surface area contributed by atoms with Gasteiger partial charge in [0.25, 0.3) is 0 Å². The number of thioether (sulfide) groups is 1. The largest absolute Gasteiger partial charge is 0.482 e. The van der Waals surface area contributed by atoms with Crippen molar-refractivity contribution < 1.29 is 9.53 Å². The highest BCUT2D eigenvalue weighted by molar-refractivity contribution is 8.00. The van der Waals surface area contributed by atoms with Gasteiger partial charge in [-0.15, -0.1) is 21.5 Å². The summed E-state index contributed by atoms with van der Waals surface area (Å²) in [6, 6.07) is 8.11. The molecule has 0 saturated heterocycles. The van der Waals surface area contributed by atoms with E-state index in [9.17, 15) is 4.79 Å². The van der Waals surface area contributed by atoms with Crippen molar-refractivity contribution in [3.05, 3.63) is 46.2 Å². The molecule has 1 amide bonds. The van der Waals surface area contributed by atoms with Crippen LogP contribution >= 0.6 is 23.1 Å². The van der Waals surface area contributed by atoms with Gasteiger partial charge in [0.15, 0.2) is 22.2 Å². The first-order chi connectivity index (χ1) is 16.1. The molecule has 0 aliphatic heterocycles. The van der Waals surface area contributed by atoms with Gasteiger partial charge in [-0.3, -0.25) is 4.79 Å². The molecule has 2 unspecified atom stereocenters. The highest BCUT2D eigenvalue weighted by Crippen LogP contribution is 2.32. The molecule has 184 valence electrons. The average molecular weight is 502 g/mol. The van der Waals surface area contributed by atoms with E-state index in [0.29, 0.717) is 22.1 Å². The summed E-state index contributed by atoms with van der Waals surface area (Å²) in [5.74, 6) is 2.26. The third-order valence-electron chi connectivity index (χ3n) is 5.41. The van der Waals surface area contributed by atoms with E-state index in [1.165, 1.54) is 23.1 Å². The molecule has 1 aromatic carbocycles. The van der Waals surface area contributed by atoms with Crippen LogP contribution in [0.3, 0.4) is 0 Å². The monoisotopic (exact) mass is 501 g/mol. The molecule has 34 heavy (non-hydrogen) atoms. The lowest BCUT2D eigenvalue weighted by Crippen LogP contribution is -2.23. The van der Waals surface area contributed by atoms with Gasteiger partial charge in [-0.2, -0.15) is 0 Å². The highest BCUT2D eigenvalue weighted by Gasteiger charge is 2.25. The summed E-state index contributed by atoms with van der Waals surface area (Å²) in [6.45, 7) is 17.2. The van der Waals surface area contributed by atoms with Gasteiger partial charge in [-0.1, -0.05) is 57.7 Å². The third-order valence-corrected chi connectivity index (χ3v) is 7.48. The fourth-order valence-corrected chi connectivity index (χ4v) is 5.16. The topological polar surface area (TPSA) is 81.9 Å². The van der Waals surface area contributed by atoms with E-state index >= 15 is 0 Å². The van der Waals surface area contributed by atoms with E-state index in [1.807, 2.05) is 45.9 Å². The molecule has 2 atom stereocenters. The number of nitrogens with zero attached hydrogens (tertiary/aromatic N) is 4. The Morgan fingerprint density at radius 1 is 1.12 bits per heavy atom. The zero-order chi connectivity index (χ0) is 25.0. The average Bonchev–Trinajstić information content (AvgIpc) is 3.29. The first-order valence-corrected chi connectivity index (χ1v) is 13.4. The predicted molar refractivity (Wildman–Crippen MR) is 140 cm³/mol. The number of anilines is 1. The fourth-order valence-electron chi connectivity index (χ4n) is 3.48. The zero-order valence-corrected chi connectivity index (χ0v) is 22.9. The molecule has 0 radical (unpaired) electrons. The van der Waals surface area contributed by atoms with Gasteiger partial charge < -0.3 is 14.6 Å². The van der Waals surface area contributed by atoms with Crippen molar-refractivity contribution in [2.45, 2.75) is 84.4 Å². The van der Waals surface area contributed by atoms with Crippen LogP contribution in [-0.4, -0.2) is 30.9 Å². The first kappa shape index (κ1) is 26.2. The number of carbonyl (C=O) groups is 1. The van der Waals surface area contributed by atoms with Crippen molar-refractivity contribution in [3.63, 3.8) is 0 Å². The Hall–Kier alpha value is -2.39. The van der Waals surface area contributed by atoms with E-state index in [1.54, 1.807) is 0 Å². The lowest BCUT2D eigenvalue weighted by Gasteiger charge is -2.20. The standard InChI is InChI=1S/C25H35N5O2S2/c1-14(2)13-30-22(17(6)32-21-12-10-9-11-20(21)15(3)4)28-29-25(30)34-19(8)23(31)27-24-26-16(5)18(7)33-24/h9-12,14-15,17,19H,13H2,1-8H3,(H,26,27,31). The second-order valence-electron chi connectivity index (χ2n) is 9.21. The molecule has 0 aliphatic rings. The van der Waals surface area contributed by atoms with Crippen molar-refractivity contribution >= 4 is 34.1 Å². The summed E-state index contributed by atoms with van der Waals surface area (Å²) >= 11 is 2.89. The van der Waals surface area contributed by atoms with Crippen LogP contribution in [-0.2, 0) is 11.3 Å². The number of aryl methyl sites for hydroxylation is 2. The second kappa shape index (κ2) is 11.4. The number of para-hydroxylation sites is 1. The molecule has 0 aliphatic carbocycles. The van der Waals surface area contributed by atoms with Crippen LogP contribution < -0.4 is 10.1 Å². The minimum Gasteiger partial charge on any atom is -0.482 e. The summed E-state index contributed by atoms with van der Waals surface area (Å²) in [4.78, 5) is 18.3. The van der Waals surface area contributed by atoms with Crippen molar-refractivity contribution in [1.29, 1.82) is 0 Å². The molecule has 7 nitrogen and oxygen atoms in total. The van der Waals surface area contributed by atoms with Crippen LogP contribution in [0.1, 0.15) is 75.5 Å². The Kier molecular flexibility index (Phi) is 8.76.